The van der Waals surface area contributed by atoms with E-state index in [9.17, 15) is 4.79 Å². The number of nitrogens with one attached hydrogen (secondary N) is 2. The highest BCUT2D eigenvalue weighted by Gasteiger charge is 2.36. The third kappa shape index (κ3) is 4.61. The summed E-state index contributed by atoms with van der Waals surface area (Å²) in [6.07, 6.45) is 3.38. The van der Waals surface area contributed by atoms with Gasteiger partial charge in [-0.05, 0) is 26.2 Å². The van der Waals surface area contributed by atoms with E-state index in [1.54, 1.807) is 14.2 Å². The standard InChI is InChI=1S/C12H24N2O3/c1-10(8-16-2)14-11(15)7-13-9-12(17-3)5-4-6-12/h10,13H,4-9H2,1-3H3,(H,14,15). The SMILES string of the molecule is COCC(C)NC(=O)CNCC1(OC)CCC1. The molecule has 1 rings (SSSR count). The molecule has 0 spiro atoms. The minimum absolute atomic E-state index is 0.000117. The molecule has 5 nitrogen and oxygen atoms in total. The van der Waals surface area contributed by atoms with E-state index in [2.05, 4.69) is 10.6 Å². The van der Waals surface area contributed by atoms with Gasteiger partial charge in [0.2, 0.25) is 5.91 Å². The second kappa shape index (κ2) is 6.93. The largest absolute Gasteiger partial charge is 0.383 e. The van der Waals surface area contributed by atoms with Crippen LogP contribution in [0.3, 0.4) is 0 Å². The Morgan fingerprint density at radius 2 is 2.12 bits per heavy atom. The lowest BCUT2D eigenvalue weighted by Crippen LogP contribution is -2.50. The average molecular weight is 244 g/mol. The van der Waals surface area contributed by atoms with E-state index < -0.39 is 0 Å². The van der Waals surface area contributed by atoms with E-state index in [1.165, 1.54) is 6.42 Å². The quantitative estimate of drug-likeness (QED) is 0.644. The molecule has 17 heavy (non-hydrogen) atoms. The summed E-state index contributed by atoms with van der Waals surface area (Å²) in [6, 6.07) is 0.0504. The van der Waals surface area contributed by atoms with Gasteiger partial charge in [0.25, 0.3) is 0 Å². The van der Waals surface area contributed by atoms with Crippen LogP contribution >= 0.6 is 0 Å². The summed E-state index contributed by atoms with van der Waals surface area (Å²) in [5, 5.41) is 6.00. The van der Waals surface area contributed by atoms with Crippen molar-refractivity contribution >= 4 is 5.91 Å². The topological polar surface area (TPSA) is 59.6 Å². The number of carbonyl (C=O) groups is 1. The van der Waals surface area contributed by atoms with Crippen molar-refractivity contribution in [3.63, 3.8) is 0 Å². The number of amides is 1. The second-order valence-electron chi connectivity index (χ2n) is 4.77. The molecule has 1 aliphatic carbocycles. The zero-order valence-electron chi connectivity index (χ0n) is 11.0. The Bertz CT molecular complexity index is 236. The van der Waals surface area contributed by atoms with Crippen LogP contribution in [0.1, 0.15) is 26.2 Å². The van der Waals surface area contributed by atoms with Crippen LogP contribution in [0.25, 0.3) is 0 Å². The van der Waals surface area contributed by atoms with Crippen LogP contribution in [-0.4, -0.2) is 51.5 Å². The summed E-state index contributed by atoms with van der Waals surface area (Å²) >= 11 is 0. The fourth-order valence-electron chi connectivity index (χ4n) is 2.05. The highest BCUT2D eigenvalue weighted by molar-refractivity contribution is 5.78. The Morgan fingerprint density at radius 1 is 1.41 bits per heavy atom. The maximum Gasteiger partial charge on any atom is 0.234 e. The third-order valence-electron chi connectivity index (χ3n) is 3.25. The zero-order chi connectivity index (χ0) is 12.7. The van der Waals surface area contributed by atoms with Gasteiger partial charge in [0, 0.05) is 26.8 Å². The van der Waals surface area contributed by atoms with Gasteiger partial charge < -0.3 is 20.1 Å². The molecule has 1 fully saturated rings. The van der Waals surface area contributed by atoms with Gasteiger partial charge in [-0.2, -0.15) is 0 Å². The molecule has 0 saturated heterocycles. The van der Waals surface area contributed by atoms with Crippen LogP contribution in [0.15, 0.2) is 0 Å². The molecule has 0 aromatic rings. The smallest absolute Gasteiger partial charge is 0.234 e. The van der Waals surface area contributed by atoms with E-state index in [0.717, 1.165) is 19.4 Å². The van der Waals surface area contributed by atoms with Gasteiger partial charge in [-0.25, -0.2) is 0 Å². The maximum absolute atomic E-state index is 11.5. The van der Waals surface area contributed by atoms with Gasteiger partial charge in [-0.15, -0.1) is 0 Å². The molecule has 1 atom stereocenters. The van der Waals surface area contributed by atoms with Gasteiger partial charge in [-0.1, -0.05) is 0 Å². The Labute approximate surface area is 103 Å². The lowest BCUT2D eigenvalue weighted by molar-refractivity contribution is -0.121. The number of hydrogen-bond donors (Lipinski definition) is 2. The van der Waals surface area contributed by atoms with Crippen molar-refractivity contribution in [2.75, 3.05) is 33.9 Å². The summed E-state index contributed by atoms with van der Waals surface area (Å²) in [5.41, 5.74) is -0.0293. The molecule has 1 unspecified atom stereocenters. The highest BCUT2D eigenvalue weighted by Crippen LogP contribution is 2.34. The van der Waals surface area contributed by atoms with E-state index in [0.29, 0.717) is 13.2 Å². The third-order valence-corrected chi connectivity index (χ3v) is 3.25. The van der Waals surface area contributed by atoms with Crippen LogP contribution in [0.2, 0.25) is 0 Å². The monoisotopic (exact) mass is 244 g/mol. The molecule has 5 heteroatoms. The predicted molar refractivity (Wildman–Crippen MR) is 65.9 cm³/mol. The van der Waals surface area contributed by atoms with Crippen LogP contribution in [0.4, 0.5) is 0 Å². The Kier molecular flexibility index (Phi) is 5.88. The highest BCUT2D eigenvalue weighted by atomic mass is 16.5. The van der Waals surface area contributed by atoms with Crippen molar-refractivity contribution in [2.45, 2.75) is 37.8 Å². The van der Waals surface area contributed by atoms with Gasteiger partial charge in [0.1, 0.15) is 0 Å². The van der Waals surface area contributed by atoms with E-state index >= 15 is 0 Å². The number of hydrogen-bond acceptors (Lipinski definition) is 4. The summed E-state index contributed by atoms with van der Waals surface area (Å²) < 4.78 is 10.4. The molecule has 1 amide bonds. The van der Waals surface area contributed by atoms with Crippen LogP contribution in [0, 0.1) is 0 Å². The van der Waals surface area contributed by atoms with Crippen molar-refractivity contribution in [1.82, 2.24) is 10.6 Å². The Hall–Kier alpha value is -0.650. The molecule has 0 heterocycles. The summed E-state index contributed by atoms with van der Waals surface area (Å²) in [5.74, 6) is 0.000117. The number of ether oxygens (including phenoxy) is 2. The minimum Gasteiger partial charge on any atom is -0.383 e. The first-order valence-corrected chi connectivity index (χ1v) is 6.16. The van der Waals surface area contributed by atoms with Crippen molar-refractivity contribution < 1.29 is 14.3 Å². The first-order chi connectivity index (χ1) is 8.12. The van der Waals surface area contributed by atoms with Crippen molar-refractivity contribution in [3.05, 3.63) is 0 Å². The first-order valence-electron chi connectivity index (χ1n) is 6.16. The van der Waals surface area contributed by atoms with Crippen LogP contribution in [-0.2, 0) is 14.3 Å². The fraction of sp³-hybridized carbons (Fsp3) is 0.917. The van der Waals surface area contributed by atoms with Crippen molar-refractivity contribution in [2.24, 2.45) is 0 Å². The van der Waals surface area contributed by atoms with E-state index in [4.69, 9.17) is 9.47 Å². The van der Waals surface area contributed by atoms with E-state index in [-0.39, 0.29) is 17.6 Å². The van der Waals surface area contributed by atoms with E-state index in [1.807, 2.05) is 6.92 Å². The Morgan fingerprint density at radius 3 is 2.59 bits per heavy atom. The molecule has 0 aromatic carbocycles. The normalized spacial score (nSPS) is 19.5. The maximum atomic E-state index is 11.5. The van der Waals surface area contributed by atoms with Crippen LogP contribution < -0.4 is 10.6 Å². The number of carbonyl (C=O) groups excluding carboxylic acids is 1. The second-order valence-corrected chi connectivity index (χ2v) is 4.77. The lowest BCUT2D eigenvalue weighted by Gasteiger charge is -2.40. The molecule has 100 valence electrons. The molecular formula is C12H24N2O3. The fourth-order valence-corrected chi connectivity index (χ4v) is 2.05. The van der Waals surface area contributed by atoms with Gasteiger partial charge >= 0.3 is 0 Å². The number of rotatable bonds is 8. The molecule has 1 aliphatic rings. The summed E-state index contributed by atoms with van der Waals surface area (Å²) in [6.45, 7) is 3.53. The molecule has 0 radical (unpaired) electrons. The number of methoxy groups -OCH3 is 2. The van der Waals surface area contributed by atoms with Gasteiger partial charge in [-0.3, -0.25) is 4.79 Å². The van der Waals surface area contributed by atoms with Gasteiger partial charge in [0.15, 0.2) is 0 Å². The van der Waals surface area contributed by atoms with Crippen LogP contribution in [0.5, 0.6) is 0 Å². The molecule has 2 N–H and O–H groups in total. The zero-order valence-corrected chi connectivity index (χ0v) is 11.0. The Balaban J connectivity index is 2.11. The summed E-state index contributed by atoms with van der Waals surface area (Å²) in [4.78, 5) is 11.5. The minimum atomic E-state index is -0.0293. The van der Waals surface area contributed by atoms with Gasteiger partial charge in [0.05, 0.1) is 18.8 Å². The molecule has 0 bridgehead atoms. The van der Waals surface area contributed by atoms with Crippen molar-refractivity contribution in [1.29, 1.82) is 0 Å². The first kappa shape index (κ1) is 14.4. The predicted octanol–water partition coefficient (Wildman–Crippen LogP) is 0.296. The summed E-state index contributed by atoms with van der Waals surface area (Å²) in [7, 11) is 3.36. The molecule has 0 aliphatic heterocycles. The molecule has 0 aromatic heterocycles. The lowest BCUT2D eigenvalue weighted by atomic mass is 9.80. The average Bonchev–Trinajstić information content (AvgIpc) is 2.22. The molecular weight excluding hydrogens is 220 g/mol. The van der Waals surface area contributed by atoms with Crippen molar-refractivity contribution in [3.8, 4) is 0 Å². The molecule has 1 saturated carbocycles.